The van der Waals surface area contributed by atoms with Crippen LogP contribution < -0.4 is 0 Å². The molecule has 0 saturated heterocycles. The molecule has 5 heteroatoms. The lowest BCUT2D eigenvalue weighted by atomic mass is 10.3. The van der Waals surface area contributed by atoms with Crippen LogP contribution in [0.25, 0.3) is 17.1 Å². The molecule has 0 fully saturated rings. The summed E-state index contributed by atoms with van der Waals surface area (Å²) < 4.78 is 1.90. The summed E-state index contributed by atoms with van der Waals surface area (Å²) in [6.45, 7) is 0. The van der Waals surface area contributed by atoms with E-state index >= 15 is 0 Å². The van der Waals surface area contributed by atoms with Crippen molar-refractivity contribution in [2.45, 2.75) is 0 Å². The highest BCUT2D eigenvalue weighted by atomic mass is 15.3. The van der Waals surface area contributed by atoms with Gasteiger partial charge in [0, 0.05) is 18.1 Å². The molecule has 0 radical (unpaired) electrons. The van der Waals surface area contributed by atoms with Crippen molar-refractivity contribution in [1.82, 2.24) is 24.7 Å². The van der Waals surface area contributed by atoms with Crippen LogP contribution in [0.1, 0.15) is 0 Å². The summed E-state index contributed by atoms with van der Waals surface area (Å²) in [6.07, 6.45) is 6.61. The summed E-state index contributed by atoms with van der Waals surface area (Å²) >= 11 is 0. The zero-order valence-electron chi connectivity index (χ0n) is 8.93. The molecule has 0 aliphatic rings. The molecule has 82 valence electrons. The van der Waals surface area contributed by atoms with E-state index in [1.165, 1.54) is 6.33 Å². The molecule has 0 amide bonds. The van der Waals surface area contributed by atoms with Crippen molar-refractivity contribution in [2.75, 3.05) is 0 Å². The van der Waals surface area contributed by atoms with Crippen molar-refractivity contribution in [3.8, 4) is 17.1 Å². The third-order valence-electron chi connectivity index (χ3n) is 2.40. The second kappa shape index (κ2) is 4.13. The average molecular weight is 223 g/mol. The molecule has 3 aromatic rings. The van der Waals surface area contributed by atoms with E-state index in [1.54, 1.807) is 18.7 Å². The van der Waals surface area contributed by atoms with Gasteiger partial charge in [-0.2, -0.15) is 0 Å². The maximum absolute atomic E-state index is 4.10. The summed E-state index contributed by atoms with van der Waals surface area (Å²) in [5.41, 5.74) is 1.85. The van der Waals surface area contributed by atoms with Crippen molar-refractivity contribution in [3.63, 3.8) is 0 Å². The molecule has 0 unspecified atom stereocenters. The molecule has 2 aromatic heterocycles. The van der Waals surface area contributed by atoms with E-state index in [0.717, 1.165) is 17.1 Å². The molecule has 0 N–H and O–H groups in total. The minimum absolute atomic E-state index is 0.733. The largest absolute Gasteiger partial charge is 0.282 e. The van der Waals surface area contributed by atoms with Crippen molar-refractivity contribution in [2.24, 2.45) is 0 Å². The van der Waals surface area contributed by atoms with Gasteiger partial charge in [-0.15, -0.1) is 10.2 Å². The van der Waals surface area contributed by atoms with E-state index in [0.29, 0.717) is 0 Å². The highest BCUT2D eigenvalue weighted by Crippen LogP contribution is 2.18. The second-order valence-electron chi connectivity index (χ2n) is 3.49. The molecule has 3 rings (SSSR count). The normalized spacial score (nSPS) is 10.4. The quantitative estimate of drug-likeness (QED) is 0.663. The van der Waals surface area contributed by atoms with Crippen molar-refractivity contribution >= 4 is 0 Å². The second-order valence-corrected chi connectivity index (χ2v) is 3.49. The fraction of sp³-hybridized carbons (Fsp3) is 0. The number of hydrogen-bond acceptors (Lipinski definition) is 4. The zero-order chi connectivity index (χ0) is 11.5. The Kier molecular flexibility index (Phi) is 2.34. The first kappa shape index (κ1) is 9.65. The topological polar surface area (TPSA) is 56.5 Å². The first-order valence-corrected chi connectivity index (χ1v) is 5.16. The third kappa shape index (κ3) is 1.78. The Morgan fingerprint density at radius 1 is 0.941 bits per heavy atom. The van der Waals surface area contributed by atoms with E-state index in [-0.39, 0.29) is 0 Å². The number of rotatable bonds is 2. The molecule has 0 atom stereocenters. The fourth-order valence-electron chi connectivity index (χ4n) is 1.62. The first-order chi connectivity index (χ1) is 8.45. The van der Waals surface area contributed by atoms with Gasteiger partial charge >= 0.3 is 0 Å². The van der Waals surface area contributed by atoms with Gasteiger partial charge in [-0.25, -0.2) is 9.97 Å². The summed E-state index contributed by atoms with van der Waals surface area (Å²) in [5.74, 6) is 0.733. The summed E-state index contributed by atoms with van der Waals surface area (Å²) in [6, 6.07) is 9.91. The van der Waals surface area contributed by atoms with Crippen LogP contribution in [0, 0.1) is 0 Å². The summed E-state index contributed by atoms with van der Waals surface area (Å²) in [5, 5.41) is 8.03. The molecule has 0 spiro atoms. The van der Waals surface area contributed by atoms with Gasteiger partial charge in [0.1, 0.15) is 12.7 Å². The van der Waals surface area contributed by atoms with Gasteiger partial charge in [-0.1, -0.05) is 18.2 Å². The number of nitrogens with zero attached hydrogens (tertiary/aromatic N) is 5. The molecule has 1 aromatic carbocycles. The predicted octanol–water partition coefficient (Wildman–Crippen LogP) is 1.72. The number of aromatic nitrogens is 5. The SMILES string of the molecule is c1ccc(-n2cnnc2-c2cncnc2)cc1. The van der Waals surface area contributed by atoms with Crippen LogP contribution in [-0.2, 0) is 0 Å². The Labute approximate surface area is 97.8 Å². The van der Waals surface area contributed by atoms with E-state index in [4.69, 9.17) is 0 Å². The van der Waals surface area contributed by atoms with Gasteiger partial charge < -0.3 is 0 Å². The van der Waals surface area contributed by atoms with Crippen LogP contribution in [0.15, 0.2) is 55.4 Å². The highest BCUT2D eigenvalue weighted by Gasteiger charge is 2.08. The lowest BCUT2D eigenvalue weighted by molar-refractivity contribution is 1.05. The van der Waals surface area contributed by atoms with Crippen LogP contribution in [0.3, 0.4) is 0 Å². The number of hydrogen-bond donors (Lipinski definition) is 0. The minimum Gasteiger partial charge on any atom is -0.282 e. The van der Waals surface area contributed by atoms with Crippen molar-refractivity contribution in [1.29, 1.82) is 0 Å². The van der Waals surface area contributed by atoms with E-state index in [9.17, 15) is 0 Å². The Hall–Kier alpha value is -2.56. The lowest BCUT2D eigenvalue weighted by Gasteiger charge is -2.05. The lowest BCUT2D eigenvalue weighted by Crippen LogP contribution is -1.96. The smallest absolute Gasteiger partial charge is 0.171 e. The van der Waals surface area contributed by atoms with Crippen LogP contribution in [0.2, 0.25) is 0 Å². The summed E-state index contributed by atoms with van der Waals surface area (Å²) in [4.78, 5) is 7.97. The minimum atomic E-state index is 0.733. The number of benzene rings is 1. The van der Waals surface area contributed by atoms with Gasteiger partial charge in [0.05, 0.1) is 5.56 Å². The van der Waals surface area contributed by atoms with Gasteiger partial charge in [0.2, 0.25) is 0 Å². The standard InChI is InChI=1S/C12H9N5/c1-2-4-11(5-3-1)17-9-15-16-12(17)10-6-13-8-14-7-10/h1-9H. The third-order valence-corrected chi connectivity index (χ3v) is 2.40. The van der Waals surface area contributed by atoms with Gasteiger partial charge in [-0.05, 0) is 12.1 Å². The Bertz CT molecular complexity index is 549. The van der Waals surface area contributed by atoms with Crippen molar-refractivity contribution < 1.29 is 0 Å². The molecule has 17 heavy (non-hydrogen) atoms. The van der Waals surface area contributed by atoms with Crippen LogP contribution >= 0.6 is 0 Å². The van der Waals surface area contributed by atoms with Crippen LogP contribution in [0.5, 0.6) is 0 Å². The maximum atomic E-state index is 4.10. The zero-order valence-corrected chi connectivity index (χ0v) is 8.93. The highest BCUT2D eigenvalue weighted by molar-refractivity contribution is 5.55. The Morgan fingerprint density at radius 2 is 1.71 bits per heavy atom. The summed E-state index contributed by atoms with van der Waals surface area (Å²) in [7, 11) is 0. The van der Waals surface area contributed by atoms with Gasteiger partial charge in [-0.3, -0.25) is 4.57 Å². The van der Waals surface area contributed by atoms with Gasteiger partial charge in [0.25, 0.3) is 0 Å². The molecule has 0 saturated carbocycles. The van der Waals surface area contributed by atoms with E-state index < -0.39 is 0 Å². The molecule has 2 heterocycles. The Morgan fingerprint density at radius 3 is 2.47 bits per heavy atom. The molecular weight excluding hydrogens is 214 g/mol. The molecule has 0 aliphatic heterocycles. The average Bonchev–Trinajstić information content (AvgIpc) is 2.90. The van der Waals surface area contributed by atoms with Crippen molar-refractivity contribution in [3.05, 3.63) is 55.4 Å². The maximum Gasteiger partial charge on any atom is 0.171 e. The molecule has 0 aliphatic carbocycles. The molecular formula is C12H9N5. The van der Waals surface area contributed by atoms with Gasteiger partial charge in [0.15, 0.2) is 5.82 Å². The fourth-order valence-corrected chi connectivity index (χ4v) is 1.62. The van der Waals surface area contributed by atoms with E-state index in [1.807, 2.05) is 34.9 Å². The molecule has 0 bridgehead atoms. The van der Waals surface area contributed by atoms with Crippen LogP contribution in [-0.4, -0.2) is 24.7 Å². The van der Waals surface area contributed by atoms with E-state index in [2.05, 4.69) is 20.2 Å². The van der Waals surface area contributed by atoms with Crippen LogP contribution in [0.4, 0.5) is 0 Å². The monoisotopic (exact) mass is 223 g/mol. The first-order valence-electron chi connectivity index (χ1n) is 5.16. The molecule has 5 nitrogen and oxygen atoms in total. The predicted molar refractivity (Wildman–Crippen MR) is 62.4 cm³/mol. The number of para-hydroxylation sites is 1. The Balaban J connectivity index is 2.13.